The molecule has 0 aromatic heterocycles. The Morgan fingerprint density at radius 2 is 1.97 bits per heavy atom. The van der Waals surface area contributed by atoms with Crippen molar-refractivity contribution >= 4 is 41.5 Å². The molecule has 0 heterocycles. The number of carbonyl (C=O) groups excluding carboxylic acids is 1. The standard InChI is InChI=1S/C23H25FN4O.HI/c1-3-17-7-5-10-20(13-17)28-21(29)15-26-22(25-4-2)27-16-23(11-12-23)18-8-6-9-19(24)14-18;/h1,5-10,13-14H,4,11-12,15-16H2,2H3,(H,28,29)(H2,25,26,27);1H. The summed E-state index contributed by atoms with van der Waals surface area (Å²) in [5.41, 5.74) is 2.26. The lowest BCUT2D eigenvalue weighted by Crippen LogP contribution is -2.41. The number of hydrogen-bond donors (Lipinski definition) is 3. The molecule has 1 saturated carbocycles. The normalized spacial score (nSPS) is 14.1. The average Bonchev–Trinajstić information content (AvgIpc) is 3.51. The number of terminal acetylenes is 1. The highest BCUT2D eigenvalue weighted by molar-refractivity contribution is 14.0. The number of halogens is 2. The quantitative estimate of drug-likeness (QED) is 0.226. The van der Waals surface area contributed by atoms with Gasteiger partial charge in [-0.05, 0) is 55.7 Å². The molecule has 0 bridgehead atoms. The second kappa shape index (κ2) is 11.0. The summed E-state index contributed by atoms with van der Waals surface area (Å²) in [5.74, 6) is 2.64. The minimum absolute atomic E-state index is 0. The molecule has 0 aliphatic heterocycles. The molecule has 7 heteroatoms. The van der Waals surface area contributed by atoms with Crippen molar-refractivity contribution in [1.82, 2.24) is 10.6 Å². The van der Waals surface area contributed by atoms with Gasteiger partial charge in [0.25, 0.3) is 0 Å². The number of guanidine groups is 1. The predicted octanol–water partition coefficient (Wildman–Crippen LogP) is 3.65. The molecule has 2 aromatic carbocycles. The van der Waals surface area contributed by atoms with E-state index in [9.17, 15) is 9.18 Å². The number of amides is 1. The van der Waals surface area contributed by atoms with Gasteiger partial charge in [-0.2, -0.15) is 0 Å². The number of aliphatic imine (C=N–C) groups is 1. The highest BCUT2D eigenvalue weighted by Gasteiger charge is 2.44. The lowest BCUT2D eigenvalue weighted by Gasteiger charge is -2.19. The number of hydrogen-bond acceptors (Lipinski definition) is 2. The minimum Gasteiger partial charge on any atom is -0.357 e. The molecule has 0 unspecified atom stereocenters. The molecule has 3 rings (SSSR count). The predicted molar refractivity (Wildman–Crippen MR) is 130 cm³/mol. The van der Waals surface area contributed by atoms with Crippen LogP contribution in [0.1, 0.15) is 30.9 Å². The van der Waals surface area contributed by atoms with E-state index in [0.29, 0.717) is 30.3 Å². The van der Waals surface area contributed by atoms with Gasteiger partial charge in [-0.25, -0.2) is 9.38 Å². The van der Waals surface area contributed by atoms with Gasteiger partial charge in [-0.3, -0.25) is 4.79 Å². The Labute approximate surface area is 194 Å². The highest BCUT2D eigenvalue weighted by atomic mass is 127. The van der Waals surface area contributed by atoms with Gasteiger partial charge in [0.1, 0.15) is 12.4 Å². The summed E-state index contributed by atoms with van der Waals surface area (Å²) in [6, 6.07) is 13.9. The lowest BCUT2D eigenvalue weighted by molar-refractivity contribution is -0.114. The Bertz CT molecular complexity index is 950. The van der Waals surface area contributed by atoms with E-state index in [1.807, 2.05) is 13.0 Å². The van der Waals surface area contributed by atoms with E-state index >= 15 is 0 Å². The second-order valence-electron chi connectivity index (χ2n) is 7.11. The molecule has 2 aromatic rings. The molecule has 0 saturated heterocycles. The maximum atomic E-state index is 13.6. The molecule has 0 atom stereocenters. The fraction of sp³-hybridized carbons (Fsp3) is 0.304. The lowest BCUT2D eigenvalue weighted by atomic mass is 9.96. The van der Waals surface area contributed by atoms with Crippen LogP contribution in [-0.2, 0) is 10.2 Å². The zero-order chi connectivity index (χ0) is 20.7. The number of anilines is 1. The van der Waals surface area contributed by atoms with Crippen molar-refractivity contribution in [3.05, 3.63) is 65.5 Å². The summed E-state index contributed by atoms with van der Waals surface area (Å²) in [4.78, 5) is 16.6. The molecule has 3 N–H and O–H groups in total. The van der Waals surface area contributed by atoms with E-state index in [1.54, 1.807) is 36.4 Å². The molecule has 1 fully saturated rings. The fourth-order valence-electron chi connectivity index (χ4n) is 3.17. The van der Waals surface area contributed by atoms with Gasteiger partial charge in [-0.1, -0.05) is 24.1 Å². The Hall–Kier alpha value is -2.60. The van der Waals surface area contributed by atoms with E-state index in [-0.39, 0.29) is 47.7 Å². The molecule has 1 aliphatic rings. The first-order valence-corrected chi connectivity index (χ1v) is 9.69. The largest absolute Gasteiger partial charge is 0.357 e. The van der Waals surface area contributed by atoms with E-state index in [1.165, 1.54) is 6.07 Å². The summed E-state index contributed by atoms with van der Waals surface area (Å²) in [7, 11) is 0. The van der Waals surface area contributed by atoms with E-state index in [0.717, 1.165) is 18.4 Å². The Balaban J connectivity index is 0.00000320. The first kappa shape index (κ1) is 23.7. The number of benzene rings is 2. The summed E-state index contributed by atoms with van der Waals surface area (Å²) < 4.78 is 13.6. The molecular weight excluding hydrogens is 494 g/mol. The molecule has 1 aliphatic carbocycles. The van der Waals surface area contributed by atoms with Crippen LogP contribution in [0.15, 0.2) is 53.5 Å². The van der Waals surface area contributed by atoms with E-state index in [2.05, 4.69) is 26.9 Å². The van der Waals surface area contributed by atoms with Crippen molar-refractivity contribution in [3.8, 4) is 12.3 Å². The highest BCUT2D eigenvalue weighted by Crippen LogP contribution is 2.47. The maximum Gasteiger partial charge on any atom is 0.246 e. The van der Waals surface area contributed by atoms with Gasteiger partial charge in [-0.15, -0.1) is 30.4 Å². The van der Waals surface area contributed by atoms with Crippen LogP contribution in [0.2, 0.25) is 0 Å². The van der Waals surface area contributed by atoms with Crippen LogP contribution in [0.25, 0.3) is 0 Å². The molecule has 0 radical (unpaired) electrons. The van der Waals surface area contributed by atoms with Gasteiger partial charge < -0.3 is 16.0 Å². The third-order valence-corrected chi connectivity index (χ3v) is 4.92. The van der Waals surface area contributed by atoms with Crippen molar-refractivity contribution in [2.75, 3.05) is 25.0 Å². The monoisotopic (exact) mass is 520 g/mol. The summed E-state index contributed by atoms with van der Waals surface area (Å²) >= 11 is 0. The van der Waals surface area contributed by atoms with Crippen molar-refractivity contribution in [3.63, 3.8) is 0 Å². The average molecular weight is 520 g/mol. The van der Waals surface area contributed by atoms with Gasteiger partial charge in [0.15, 0.2) is 5.96 Å². The second-order valence-corrected chi connectivity index (χ2v) is 7.11. The topological polar surface area (TPSA) is 65.5 Å². The summed E-state index contributed by atoms with van der Waals surface area (Å²) in [6.45, 7) is 3.24. The van der Waals surface area contributed by atoms with Crippen LogP contribution in [0.4, 0.5) is 10.1 Å². The molecule has 30 heavy (non-hydrogen) atoms. The van der Waals surface area contributed by atoms with E-state index < -0.39 is 0 Å². The van der Waals surface area contributed by atoms with Crippen molar-refractivity contribution < 1.29 is 9.18 Å². The van der Waals surface area contributed by atoms with Crippen LogP contribution in [-0.4, -0.2) is 31.5 Å². The molecule has 1 amide bonds. The molecule has 0 spiro atoms. The van der Waals surface area contributed by atoms with Crippen LogP contribution in [0.5, 0.6) is 0 Å². The smallest absolute Gasteiger partial charge is 0.246 e. The zero-order valence-corrected chi connectivity index (χ0v) is 19.2. The molecular formula is C23H26FIN4O. The fourth-order valence-corrected chi connectivity index (χ4v) is 3.17. The van der Waals surface area contributed by atoms with Crippen LogP contribution in [0.3, 0.4) is 0 Å². The van der Waals surface area contributed by atoms with Crippen LogP contribution >= 0.6 is 24.0 Å². The third kappa shape index (κ3) is 6.46. The van der Waals surface area contributed by atoms with Crippen molar-refractivity contribution in [1.29, 1.82) is 0 Å². The number of nitrogens with one attached hydrogen (secondary N) is 3. The molecule has 5 nitrogen and oxygen atoms in total. The van der Waals surface area contributed by atoms with Crippen LogP contribution in [0, 0.1) is 18.2 Å². The molecule has 158 valence electrons. The SMILES string of the molecule is C#Cc1cccc(NC(=O)CN=C(NCC)NCC2(c3cccc(F)c3)CC2)c1.I. The minimum atomic E-state index is -0.234. The van der Waals surface area contributed by atoms with Gasteiger partial charge in [0.05, 0.1) is 0 Å². The zero-order valence-electron chi connectivity index (χ0n) is 16.9. The Kier molecular flexibility index (Phi) is 8.66. The first-order valence-electron chi connectivity index (χ1n) is 9.69. The summed E-state index contributed by atoms with van der Waals surface area (Å²) in [6.07, 6.45) is 7.37. The van der Waals surface area contributed by atoms with Crippen molar-refractivity contribution in [2.45, 2.75) is 25.2 Å². The Morgan fingerprint density at radius 1 is 1.20 bits per heavy atom. The number of nitrogens with zero attached hydrogens (tertiary/aromatic N) is 1. The van der Waals surface area contributed by atoms with Gasteiger partial charge in [0, 0.05) is 29.8 Å². The first-order chi connectivity index (χ1) is 14.0. The number of rotatable bonds is 7. The van der Waals surface area contributed by atoms with Gasteiger partial charge >= 0.3 is 0 Å². The summed E-state index contributed by atoms with van der Waals surface area (Å²) in [5, 5.41) is 9.22. The van der Waals surface area contributed by atoms with Crippen molar-refractivity contribution in [2.24, 2.45) is 4.99 Å². The van der Waals surface area contributed by atoms with Gasteiger partial charge in [0.2, 0.25) is 5.91 Å². The third-order valence-electron chi connectivity index (χ3n) is 4.92. The Morgan fingerprint density at radius 3 is 2.63 bits per heavy atom. The maximum absolute atomic E-state index is 13.6. The number of carbonyl (C=O) groups is 1. The van der Waals surface area contributed by atoms with E-state index in [4.69, 9.17) is 6.42 Å². The van der Waals surface area contributed by atoms with Crippen LogP contribution < -0.4 is 16.0 Å².